The van der Waals surface area contributed by atoms with E-state index in [1.807, 2.05) is 30.3 Å². The minimum absolute atomic E-state index is 0.00192. The van der Waals surface area contributed by atoms with Crippen molar-refractivity contribution in [3.63, 3.8) is 0 Å². The molecule has 2 amide bonds. The molecule has 3 aromatic rings. The molecular formula is C28H24ClNO5. The fourth-order valence-corrected chi connectivity index (χ4v) is 5.00. The molecule has 6 nitrogen and oxygen atoms in total. The molecule has 1 aliphatic heterocycles. The molecule has 1 fully saturated rings. The number of carbonyl (C=O) groups excluding carboxylic acids is 3. The van der Waals surface area contributed by atoms with E-state index in [4.69, 9.17) is 21.1 Å². The van der Waals surface area contributed by atoms with Gasteiger partial charge in [-0.1, -0.05) is 48.7 Å². The van der Waals surface area contributed by atoms with Crippen molar-refractivity contribution in [2.45, 2.75) is 38.3 Å². The molecular weight excluding hydrogens is 466 g/mol. The molecule has 0 spiro atoms. The van der Waals surface area contributed by atoms with Crippen LogP contribution in [0.1, 0.15) is 62.3 Å². The molecule has 0 radical (unpaired) electrons. The number of nitrogens with zero attached hydrogens (tertiary/aromatic N) is 1. The fourth-order valence-electron chi connectivity index (χ4n) is 4.80. The highest BCUT2D eigenvalue weighted by molar-refractivity contribution is 6.33. The van der Waals surface area contributed by atoms with Crippen molar-refractivity contribution >= 4 is 29.4 Å². The number of fused-ring (bicyclic) bond motifs is 1. The van der Waals surface area contributed by atoms with E-state index in [-0.39, 0.29) is 24.5 Å². The van der Waals surface area contributed by atoms with Gasteiger partial charge >= 0.3 is 5.97 Å². The van der Waals surface area contributed by atoms with Crippen LogP contribution in [-0.2, 0) is 11.3 Å². The average molecular weight is 490 g/mol. The number of rotatable bonds is 6. The molecule has 1 aliphatic carbocycles. The van der Waals surface area contributed by atoms with Crippen LogP contribution in [0.2, 0.25) is 5.02 Å². The van der Waals surface area contributed by atoms with E-state index in [0.29, 0.717) is 27.5 Å². The third-order valence-electron chi connectivity index (χ3n) is 6.62. The highest BCUT2D eigenvalue weighted by Gasteiger charge is 2.40. The molecule has 0 unspecified atom stereocenters. The minimum Gasteiger partial charge on any atom is -0.489 e. The number of methoxy groups -OCH3 is 1. The molecule has 0 atom stereocenters. The molecule has 1 saturated carbocycles. The van der Waals surface area contributed by atoms with Crippen LogP contribution < -0.4 is 4.74 Å². The fraction of sp³-hybridized carbons (Fsp3) is 0.250. The van der Waals surface area contributed by atoms with Gasteiger partial charge < -0.3 is 9.47 Å². The summed E-state index contributed by atoms with van der Waals surface area (Å²) < 4.78 is 10.8. The van der Waals surface area contributed by atoms with Crippen molar-refractivity contribution in [2.75, 3.05) is 7.11 Å². The average Bonchev–Trinajstić information content (AvgIpc) is 3.49. The van der Waals surface area contributed by atoms with Crippen molar-refractivity contribution in [1.82, 2.24) is 4.90 Å². The summed E-state index contributed by atoms with van der Waals surface area (Å²) in [6.07, 6.45) is 3.84. The van der Waals surface area contributed by atoms with Crippen LogP contribution in [0.25, 0.3) is 11.1 Å². The van der Waals surface area contributed by atoms with E-state index in [1.165, 1.54) is 12.0 Å². The minimum atomic E-state index is -0.493. The SMILES string of the molecule is COC(=O)c1cc(-c2cccc(COc3ccc4c(c3)C(=O)N(C3CCCC3)C4=O)c2)ccc1Cl. The van der Waals surface area contributed by atoms with Gasteiger partial charge in [-0.25, -0.2) is 4.79 Å². The first-order valence-corrected chi connectivity index (χ1v) is 12.0. The summed E-state index contributed by atoms with van der Waals surface area (Å²) in [5, 5.41) is 0.330. The van der Waals surface area contributed by atoms with E-state index < -0.39 is 5.97 Å². The number of amides is 2. The maximum Gasteiger partial charge on any atom is 0.339 e. The van der Waals surface area contributed by atoms with Crippen molar-refractivity contribution in [3.05, 3.63) is 87.9 Å². The molecule has 7 heteroatoms. The number of benzene rings is 3. The highest BCUT2D eigenvalue weighted by Crippen LogP contribution is 2.33. The van der Waals surface area contributed by atoms with Gasteiger partial charge in [0, 0.05) is 6.04 Å². The second-order valence-corrected chi connectivity index (χ2v) is 9.21. The smallest absolute Gasteiger partial charge is 0.339 e. The van der Waals surface area contributed by atoms with Crippen LogP contribution in [-0.4, -0.2) is 35.8 Å². The van der Waals surface area contributed by atoms with E-state index in [1.54, 1.807) is 30.3 Å². The monoisotopic (exact) mass is 489 g/mol. The Bertz CT molecular complexity index is 1330. The summed E-state index contributed by atoms with van der Waals surface area (Å²) in [7, 11) is 1.32. The molecule has 0 aromatic heterocycles. The van der Waals surface area contributed by atoms with Gasteiger partial charge in [-0.3, -0.25) is 14.5 Å². The summed E-state index contributed by atoms with van der Waals surface area (Å²) >= 11 is 6.14. The lowest BCUT2D eigenvalue weighted by molar-refractivity contribution is 0.0580. The lowest BCUT2D eigenvalue weighted by Crippen LogP contribution is -2.38. The largest absolute Gasteiger partial charge is 0.489 e. The first kappa shape index (κ1) is 23.1. The number of hydrogen-bond donors (Lipinski definition) is 0. The Kier molecular flexibility index (Phi) is 6.31. The zero-order valence-electron chi connectivity index (χ0n) is 19.3. The Morgan fingerprint density at radius 2 is 1.69 bits per heavy atom. The molecule has 2 aliphatic rings. The number of hydrogen-bond acceptors (Lipinski definition) is 5. The lowest BCUT2D eigenvalue weighted by atomic mass is 10.0. The van der Waals surface area contributed by atoms with E-state index >= 15 is 0 Å². The standard InChI is InChI=1S/C28H24ClNO5/c1-34-28(33)24-14-19(9-12-25(24)29)18-6-4-5-17(13-18)16-35-21-10-11-22-23(15-21)27(32)30(26(22)31)20-7-2-3-8-20/h4-6,9-15,20H,2-3,7-8,16H2,1H3. The van der Waals surface area contributed by atoms with Gasteiger partial charge in [0.25, 0.3) is 11.8 Å². The number of imide groups is 1. The summed E-state index contributed by atoms with van der Waals surface area (Å²) in [6, 6.07) is 18.0. The number of halogens is 1. The Hall–Kier alpha value is -3.64. The number of carbonyl (C=O) groups is 3. The molecule has 0 saturated heterocycles. The van der Waals surface area contributed by atoms with Gasteiger partial charge in [0.15, 0.2) is 0 Å². The summed E-state index contributed by atoms with van der Waals surface area (Å²) in [5.74, 6) is -0.394. The Morgan fingerprint density at radius 1 is 0.943 bits per heavy atom. The second kappa shape index (κ2) is 9.55. The molecule has 0 N–H and O–H groups in total. The molecule has 1 heterocycles. The Morgan fingerprint density at radius 3 is 2.46 bits per heavy atom. The van der Waals surface area contributed by atoms with Crippen molar-refractivity contribution in [2.24, 2.45) is 0 Å². The summed E-state index contributed by atoms with van der Waals surface area (Å²) in [4.78, 5) is 39.2. The van der Waals surface area contributed by atoms with Gasteiger partial charge in [0.2, 0.25) is 0 Å². The second-order valence-electron chi connectivity index (χ2n) is 8.80. The first-order chi connectivity index (χ1) is 17.0. The quantitative estimate of drug-likeness (QED) is 0.318. The third-order valence-corrected chi connectivity index (χ3v) is 6.95. The van der Waals surface area contributed by atoms with Crippen LogP contribution in [0.15, 0.2) is 60.7 Å². The third kappa shape index (κ3) is 4.42. The van der Waals surface area contributed by atoms with Crippen LogP contribution in [0, 0.1) is 0 Å². The topological polar surface area (TPSA) is 72.9 Å². The van der Waals surface area contributed by atoms with Gasteiger partial charge in [0.05, 0.1) is 28.8 Å². The predicted octanol–water partition coefficient (Wildman–Crippen LogP) is 5.91. The predicted molar refractivity (Wildman–Crippen MR) is 132 cm³/mol. The first-order valence-electron chi connectivity index (χ1n) is 11.6. The van der Waals surface area contributed by atoms with Crippen molar-refractivity contribution in [1.29, 1.82) is 0 Å². The Balaban J connectivity index is 1.32. The highest BCUT2D eigenvalue weighted by atomic mass is 35.5. The molecule has 35 heavy (non-hydrogen) atoms. The summed E-state index contributed by atoms with van der Waals surface area (Å²) in [5.41, 5.74) is 3.79. The van der Waals surface area contributed by atoms with Gasteiger partial charge in [-0.05, 0) is 65.9 Å². The lowest BCUT2D eigenvalue weighted by Gasteiger charge is -2.21. The van der Waals surface area contributed by atoms with Crippen molar-refractivity contribution in [3.8, 4) is 16.9 Å². The van der Waals surface area contributed by atoms with Crippen LogP contribution >= 0.6 is 11.6 Å². The molecule has 178 valence electrons. The van der Waals surface area contributed by atoms with Crippen LogP contribution in [0.3, 0.4) is 0 Å². The molecule has 0 bridgehead atoms. The number of ether oxygens (including phenoxy) is 2. The maximum atomic E-state index is 13.0. The van der Waals surface area contributed by atoms with E-state index in [0.717, 1.165) is 42.4 Å². The molecule has 5 rings (SSSR count). The normalized spacial score (nSPS) is 15.4. The van der Waals surface area contributed by atoms with Crippen LogP contribution in [0.4, 0.5) is 0 Å². The number of esters is 1. The van der Waals surface area contributed by atoms with E-state index in [2.05, 4.69) is 0 Å². The summed E-state index contributed by atoms with van der Waals surface area (Å²) in [6.45, 7) is 0.276. The van der Waals surface area contributed by atoms with Gasteiger partial charge in [0.1, 0.15) is 12.4 Å². The zero-order valence-corrected chi connectivity index (χ0v) is 20.0. The molecule has 3 aromatic carbocycles. The van der Waals surface area contributed by atoms with Crippen LogP contribution in [0.5, 0.6) is 5.75 Å². The maximum absolute atomic E-state index is 13.0. The van der Waals surface area contributed by atoms with E-state index in [9.17, 15) is 14.4 Å². The van der Waals surface area contributed by atoms with Gasteiger partial charge in [-0.2, -0.15) is 0 Å². The zero-order chi connectivity index (χ0) is 24.5. The Labute approximate surface area is 208 Å². The van der Waals surface area contributed by atoms with Crippen molar-refractivity contribution < 1.29 is 23.9 Å². The van der Waals surface area contributed by atoms with Gasteiger partial charge in [-0.15, -0.1) is 0 Å².